The summed E-state index contributed by atoms with van der Waals surface area (Å²) >= 11 is 0. The van der Waals surface area contributed by atoms with Crippen LogP contribution in [0, 0.1) is 17.8 Å². The Labute approximate surface area is 129 Å². The first kappa shape index (κ1) is 14.4. The number of piperidine rings is 1. The Bertz CT molecular complexity index is 490. The van der Waals surface area contributed by atoms with Crippen molar-refractivity contribution in [2.45, 2.75) is 43.9 Å². The van der Waals surface area contributed by atoms with Gasteiger partial charge in [0, 0.05) is 32.2 Å². The molecule has 0 radical (unpaired) electrons. The molecule has 6 heteroatoms. The molecule has 2 amide bonds. The molecule has 4 rings (SSSR count). The molecule has 0 aromatic heterocycles. The molecular weight excluding hydrogens is 287 g/mol. The summed E-state index contributed by atoms with van der Waals surface area (Å²) in [4.78, 5) is 26.3. The number of fused-ring (bicyclic) bond motifs is 1. The van der Waals surface area contributed by atoms with Crippen LogP contribution in [0.2, 0.25) is 0 Å². The van der Waals surface area contributed by atoms with Crippen LogP contribution in [0.1, 0.15) is 32.1 Å². The molecule has 4 fully saturated rings. The number of likely N-dealkylation sites (tertiary alicyclic amines) is 1. The maximum absolute atomic E-state index is 14.1. The highest BCUT2D eigenvalue weighted by atomic mass is 19.1. The molecule has 0 spiro atoms. The number of carbonyl (C=O) groups is 2. The molecule has 2 aliphatic carbocycles. The summed E-state index contributed by atoms with van der Waals surface area (Å²) in [6, 6.07) is 0. The minimum absolute atomic E-state index is 0.00797. The van der Waals surface area contributed by atoms with Crippen molar-refractivity contribution in [3.8, 4) is 0 Å². The van der Waals surface area contributed by atoms with E-state index in [1.54, 1.807) is 0 Å². The van der Waals surface area contributed by atoms with Gasteiger partial charge in [0.05, 0.1) is 12.0 Å². The van der Waals surface area contributed by atoms with Crippen molar-refractivity contribution >= 4 is 11.8 Å². The molecule has 0 unspecified atom stereocenters. The predicted octanol–water partition coefficient (Wildman–Crippen LogP) is 0.878. The van der Waals surface area contributed by atoms with Crippen molar-refractivity contribution in [1.29, 1.82) is 0 Å². The molecule has 0 aromatic rings. The Kier molecular flexibility index (Phi) is 3.40. The van der Waals surface area contributed by atoms with Gasteiger partial charge in [-0.15, -0.1) is 0 Å². The van der Waals surface area contributed by atoms with E-state index in [2.05, 4.69) is 5.32 Å². The Morgan fingerprint density at radius 1 is 1.23 bits per heavy atom. The van der Waals surface area contributed by atoms with E-state index in [9.17, 15) is 14.0 Å². The third kappa shape index (κ3) is 2.62. The first-order valence-corrected chi connectivity index (χ1v) is 8.44. The summed E-state index contributed by atoms with van der Waals surface area (Å²) in [5.41, 5.74) is -1.67. The second kappa shape index (κ2) is 5.18. The van der Waals surface area contributed by atoms with Crippen molar-refractivity contribution < 1.29 is 18.7 Å². The van der Waals surface area contributed by atoms with Gasteiger partial charge in [-0.05, 0) is 38.0 Å². The minimum Gasteiger partial charge on any atom is -0.376 e. The second-order valence-electron chi connectivity index (χ2n) is 7.33. The number of carbonyl (C=O) groups excluding carboxylic acids is 2. The van der Waals surface area contributed by atoms with E-state index in [1.807, 2.05) is 0 Å². The smallest absolute Gasteiger partial charge is 0.260 e. The summed E-state index contributed by atoms with van der Waals surface area (Å²) in [5, 5.41) is 3.01. The zero-order valence-corrected chi connectivity index (χ0v) is 12.7. The van der Waals surface area contributed by atoms with Crippen molar-refractivity contribution in [3.05, 3.63) is 0 Å². The van der Waals surface area contributed by atoms with Crippen LogP contribution in [-0.2, 0) is 14.3 Å². The highest BCUT2D eigenvalue weighted by Crippen LogP contribution is 2.43. The molecule has 3 atom stereocenters. The zero-order chi connectivity index (χ0) is 15.3. The fraction of sp³-hybridized carbons (Fsp3) is 0.875. The lowest BCUT2D eigenvalue weighted by Gasteiger charge is -2.39. The third-order valence-electron chi connectivity index (χ3n) is 5.55. The van der Waals surface area contributed by atoms with Crippen LogP contribution < -0.4 is 5.32 Å². The van der Waals surface area contributed by atoms with Gasteiger partial charge in [-0.25, -0.2) is 4.39 Å². The SMILES string of the molecule is O=C(NCC1CC1)[C@@H]1CN(C(=O)C2(F)CC2)C[C@H]2OCC[C@H]21. The molecule has 2 saturated heterocycles. The largest absolute Gasteiger partial charge is 0.376 e. The van der Waals surface area contributed by atoms with E-state index in [-0.39, 0.29) is 23.8 Å². The standard InChI is InChI=1S/C16H23FN2O3/c17-16(4-5-16)15(21)19-8-12(11-3-6-22-13(11)9-19)14(20)18-7-10-1-2-10/h10-13H,1-9H2,(H,18,20)/t11-,12+,13+/m0/s1. The Balaban J connectivity index is 1.45. The number of ether oxygens (including phenoxy) is 1. The number of rotatable bonds is 4. The predicted molar refractivity (Wildman–Crippen MR) is 76.7 cm³/mol. The average molecular weight is 310 g/mol. The van der Waals surface area contributed by atoms with Gasteiger partial charge in [0.1, 0.15) is 0 Å². The van der Waals surface area contributed by atoms with E-state index in [0.717, 1.165) is 13.0 Å². The van der Waals surface area contributed by atoms with E-state index >= 15 is 0 Å². The molecule has 1 N–H and O–H groups in total. The van der Waals surface area contributed by atoms with Crippen molar-refractivity contribution in [2.24, 2.45) is 17.8 Å². The first-order valence-electron chi connectivity index (χ1n) is 8.44. The number of amides is 2. The van der Waals surface area contributed by atoms with Crippen molar-refractivity contribution in [1.82, 2.24) is 10.2 Å². The molecule has 4 aliphatic rings. The van der Waals surface area contributed by atoms with Crippen molar-refractivity contribution in [3.63, 3.8) is 0 Å². The van der Waals surface area contributed by atoms with Gasteiger partial charge in [-0.3, -0.25) is 9.59 Å². The van der Waals surface area contributed by atoms with Crippen LogP contribution in [0.5, 0.6) is 0 Å². The maximum Gasteiger partial charge on any atom is 0.260 e. The highest BCUT2D eigenvalue weighted by Gasteiger charge is 2.55. The summed E-state index contributed by atoms with van der Waals surface area (Å²) in [6.07, 6.45) is 3.75. The molecule has 2 aliphatic heterocycles. The summed E-state index contributed by atoms with van der Waals surface area (Å²) in [7, 11) is 0. The van der Waals surface area contributed by atoms with E-state index in [0.29, 0.717) is 38.5 Å². The van der Waals surface area contributed by atoms with E-state index in [4.69, 9.17) is 4.74 Å². The summed E-state index contributed by atoms with van der Waals surface area (Å²) < 4.78 is 19.8. The van der Waals surface area contributed by atoms with Crippen LogP contribution >= 0.6 is 0 Å². The molecular formula is C16H23FN2O3. The molecule has 0 aromatic carbocycles. The van der Waals surface area contributed by atoms with Gasteiger partial charge in [0.2, 0.25) is 5.91 Å². The molecule has 5 nitrogen and oxygen atoms in total. The van der Waals surface area contributed by atoms with Crippen LogP contribution in [-0.4, -0.2) is 54.7 Å². The van der Waals surface area contributed by atoms with Gasteiger partial charge >= 0.3 is 0 Å². The lowest BCUT2D eigenvalue weighted by molar-refractivity contribution is -0.147. The monoisotopic (exact) mass is 310 g/mol. The van der Waals surface area contributed by atoms with Crippen LogP contribution in [0.3, 0.4) is 0 Å². The highest BCUT2D eigenvalue weighted by molar-refractivity contribution is 5.89. The molecule has 122 valence electrons. The molecule has 0 bridgehead atoms. The average Bonchev–Trinajstić information content (AvgIpc) is 3.43. The van der Waals surface area contributed by atoms with Gasteiger partial charge in [-0.2, -0.15) is 0 Å². The van der Waals surface area contributed by atoms with Crippen LogP contribution in [0.15, 0.2) is 0 Å². The number of nitrogens with zero attached hydrogens (tertiary/aromatic N) is 1. The Morgan fingerprint density at radius 3 is 2.68 bits per heavy atom. The Morgan fingerprint density at radius 2 is 2.00 bits per heavy atom. The summed E-state index contributed by atoms with van der Waals surface area (Å²) in [5.74, 6) is 0.0980. The van der Waals surface area contributed by atoms with Crippen molar-refractivity contribution in [2.75, 3.05) is 26.2 Å². The third-order valence-corrected chi connectivity index (χ3v) is 5.55. The topological polar surface area (TPSA) is 58.6 Å². The van der Waals surface area contributed by atoms with Gasteiger partial charge in [-0.1, -0.05) is 0 Å². The van der Waals surface area contributed by atoms with Gasteiger partial charge < -0.3 is 15.0 Å². The zero-order valence-electron chi connectivity index (χ0n) is 12.7. The quantitative estimate of drug-likeness (QED) is 0.838. The fourth-order valence-electron chi connectivity index (χ4n) is 3.73. The van der Waals surface area contributed by atoms with Gasteiger partial charge in [0.25, 0.3) is 5.91 Å². The van der Waals surface area contributed by atoms with E-state index < -0.39 is 11.6 Å². The van der Waals surface area contributed by atoms with Crippen LogP contribution in [0.25, 0.3) is 0 Å². The molecule has 2 heterocycles. The number of hydrogen-bond donors (Lipinski definition) is 1. The lowest BCUT2D eigenvalue weighted by atomic mass is 9.82. The number of alkyl halides is 1. The second-order valence-corrected chi connectivity index (χ2v) is 7.33. The number of hydrogen-bond acceptors (Lipinski definition) is 3. The number of nitrogens with one attached hydrogen (secondary N) is 1. The Hall–Kier alpha value is -1.17. The minimum atomic E-state index is -1.67. The fourth-order valence-corrected chi connectivity index (χ4v) is 3.73. The molecule has 2 saturated carbocycles. The molecule has 22 heavy (non-hydrogen) atoms. The normalized spacial score (nSPS) is 35.9. The first-order chi connectivity index (χ1) is 10.6. The number of halogens is 1. The lowest BCUT2D eigenvalue weighted by Crippen LogP contribution is -2.56. The maximum atomic E-state index is 14.1. The van der Waals surface area contributed by atoms with E-state index in [1.165, 1.54) is 17.7 Å². The van der Waals surface area contributed by atoms with Crippen LogP contribution in [0.4, 0.5) is 4.39 Å². The van der Waals surface area contributed by atoms with Gasteiger partial charge in [0.15, 0.2) is 5.67 Å². The summed E-state index contributed by atoms with van der Waals surface area (Å²) in [6.45, 7) is 2.13.